The van der Waals surface area contributed by atoms with Crippen LogP contribution in [0.1, 0.15) is 11.4 Å². The molecule has 68 valence electrons. The van der Waals surface area contributed by atoms with Crippen molar-refractivity contribution < 1.29 is 5.11 Å². The molecule has 6 nitrogen and oxygen atoms in total. The Hall–Kier alpha value is -1.34. The predicted molar refractivity (Wildman–Crippen MR) is 45.0 cm³/mol. The van der Waals surface area contributed by atoms with Crippen molar-refractivity contribution in [2.24, 2.45) is 0 Å². The van der Waals surface area contributed by atoms with Gasteiger partial charge >= 0.3 is 0 Å². The van der Waals surface area contributed by atoms with Crippen LogP contribution in [0.2, 0.25) is 0 Å². The van der Waals surface area contributed by atoms with Gasteiger partial charge in [0.1, 0.15) is 5.69 Å². The molecular formula is C6H7N5OS. The van der Waals surface area contributed by atoms with Crippen molar-refractivity contribution in [3.05, 3.63) is 23.0 Å². The van der Waals surface area contributed by atoms with Crippen molar-refractivity contribution >= 4 is 11.5 Å². The average molecular weight is 197 g/mol. The molecule has 0 atom stereocenters. The summed E-state index contributed by atoms with van der Waals surface area (Å²) in [7, 11) is 0. The topological polar surface area (TPSA) is 76.7 Å². The first kappa shape index (κ1) is 8.27. The van der Waals surface area contributed by atoms with Gasteiger partial charge in [0.2, 0.25) is 0 Å². The molecule has 2 rings (SSSR count). The molecule has 2 aromatic heterocycles. The Morgan fingerprint density at radius 2 is 2.31 bits per heavy atom. The van der Waals surface area contributed by atoms with Crippen LogP contribution in [0.4, 0.5) is 0 Å². The number of nitrogens with zero attached hydrogens (tertiary/aromatic N) is 5. The van der Waals surface area contributed by atoms with Gasteiger partial charge in [-0.2, -0.15) is 0 Å². The standard InChI is InChI=1S/C6H7N5OS/c12-3-5-1-11(9-7-5)2-6-4-13-10-8-6/h1,4,12H,2-3H2. The Morgan fingerprint density at radius 3 is 2.92 bits per heavy atom. The molecule has 0 unspecified atom stereocenters. The highest BCUT2D eigenvalue weighted by atomic mass is 32.1. The lowest BCUT2D eigenvalue weighted by molar-refractivity contribution is 0.276. The Morgan fingerprint density at radius 1 is 1.38 bits per heavy atom. The van der Waals surface area contributed by atoms with Gasteiger partial charge in [0.25, 0.3) is 0 Å². The molecule has 0 saturated heterocycles. The molecule has 0 aliphatic carbocycles. The fourth-order valence-electron chi connectivity index (χ4n) is 0.907. The fourth-order valence-corrected chi connectivity index (χ4v) is 1.35. The number of hydrogen-bond donors (Lipinski definition) is 1. The van der Waals surface area contributed by atoms with Crippen molar-refractivity contribution in [3.63, 3.8) is 0 Å². The highest BCUT2D eigenvalue weighted by molar-refractivity contribution is 7.03. The summed E-state index contributed by atoms with van der Waals surface area (Å²) in [5.41, 5.74) is 1.41. The van der Waals surface area contributed by atoms with Crippen molar-refractivity contribution in [3.8, 4) is 0 Å². The molecular weight excluding hydrogens is 190 g/mol. The third-order valence-electron chi connectivity index (χ3n) is 1.48. The van der Waals surface area contributed by atoms with Crippen LogP contribution in [-0.2, 0) is 13.2 Å². The summed E-state index contributed by atoms with van der Waals surface area (Å²) in [6.45, 7) is 0.457. The summed E-state index contributed by atoms with van der Waals surface area (Å²) in [6.07, 6.45) is 1.68. The minimum Gasteiger partial charge on any atom is -0.390 e. The van der Waals surface area contributed by atoms with Gasteiger partial charge in [0.15, 0.2) is 0 Å². The molecule has 0 fully saturated rings. The van der Waals surface area contributed by atoms with Crippen LogP contribution in [0.15, 0.2) is 11.6 Å². The Balaban J connectivity index is 2.10. The van der Waals surface area contributed by atoms with E-state index in [1.807, 2.05) is 5.38 Å². The van der Waals surface area contributed by atoms with Crippen molar-refractivity contribution in [1.29, 1.82) is 0 Å². The molecule has 0 spiro atoms. The maximum absolute atomic E-state index is 8.74. The summed E-state index contributed by atoms with van der Waals surface area (Å²) in [5, 5.41) is 22.0. The molecule has 0 radical (unpaired) electrons. The van der Waals surface area contributed by atoms with Crippen LogP contribution in [0.5, 0.6) is 0 Å². The van der Waals surface area contributed by atoms with Gasteiger partial charge in [-0.15, -0.1) is 10.2 Å². The fraction of sp³-hybridized carbons (Fsp3) is 0.333. The summed E-state index contributed by atoms with van der Waals surface area (Å²) in [4.78, 5) is 0. The van der Waals surface area contributed by atoms with Gasteiger partial charge in [-0.1, -0.05) is 9.70 Å². The molecule has 0 bridgehead atoms. The molecule has 2 aromatic rings. The summed E-state index contributed by atoms with van der Waals surface area (Å²) in [5.74, 6) is 0. The average Bonchev–Trinajstić information content (AvgIpc) is 2.76. The molecule has 13 heavy (non-hydrogen) atoms. The lowest BCUT2D eigenvalue weighted by atomic mass is 10.5. The Bertz CT molecular complexity index is 370. The molecule has 0 amide bonds. The van der Waals surface area contributed by atoms with Crippen molar-refractivity contribution in [2.45, 2.75) is 13.2 Å². The first-order chi connectivity index (χ1) is 6.38. The lowest BCUT2D eigenvalue weighted by Gasteiger charge is -1.92. The first-order valence-electron chi connectivity index (χ1n) is 3.64. The molecule has 0 saturated carbocycles. The number of aromatic nitrogens is 5. The quantitative estimate of drug-likeness (QED) is 0.729. The highest BCUT2D eigenvalue weighted by Gasteiger charge is 2.01. The summed E-state index contributed by atoms with van der Waals surface area (Å²) in [6, 6.07) is 0. The summed E-state index contributed by atoms with van der Waals surface area (Å²) >= 11 is 1.30. The number of aliphatic hydroxyl groups excluding tert-OH is 1. The SMILES string of the molecule is OCc1cn(Cc2csnn2)nn1. The second-order valence-corrected chi connectivity index (χ2v) is 3.07. The zero-order valence-electron chi connectivity index (χ0n) is 6.66. The van der Waals surface area contributed by atoms with Crippen LogP contribution in [0, 0.1) is 0 Å². The smallest absolute Gasteiger partial charge is 0.108 e. The van der Waals surface area contributed by atoms with Crippen LogP contribution in [0.3, 0.4) is 0 Å². The second kappa shape index (κ2) is 3.58. The lowest BCUT2D eigenvalue weighted by Crippen LogP contribution is -2.00. The number of hydrogen-bond acceptors (Lipinski definition) is 6. The van der Waals surface area contributed by atoms with E-state index in [0.717, 1.165) is 5.69 Å². The van der Waals surface area contributed by atoms with Crippen LogP contribution < -0.4 is 0 Å². The predicted octanol–water partition coefficient (Wildman–Crippen LogP) is -0.330. The van der Waals surface area contributed by atoms with Crippen LogP contribution in [-0.4, -0.2) is 29.7 Å². The monoisotopic (exact) mass is 197 g/mol. The zero-order valence-corrected chi connectivity index (χ0v) is 7.48. The molecule has 0 aromatic carbocycles. The van der Waals surface area contributed by atoms with Crippen LogP contribution in [0.25, 0.3) is 0 Å². The zero-order chi connectivity index (χ0) is 9.10. The van der Waals surface area contributed by atoms with E-state index in [2.05, 4.69) is 19.9 Å². The van der Waals surface area contributed by atoms with Gasteiger partial charge in [-0.3, -0.25) is 0 Å². The third-order valence-corrected chi connectivity index (χ3v) is 2.03. The maximum Gasteiger partial charge on any atom is 0.108 e. The van der Waals surface area contributed by atoms with E-state index in [9.17, 15) is 0 Å². The Labute approximate surface area is 78.0 Å². The first-order valence-corrected chi connectivity index (χ1v) is 4.48. The van der Waals surface area contributed by atoms with E-state index < -0.39 is 0 Å². The van der Waals surface area contributed by atoms with E-state index in [0.29, 0.717) is 12.2 Å². The number of aliphatic hydroxyl groups is 1. The second-order valence-electron chi connectivity index (χ2n) is 2.46. The van der Waals surface area contributed by atoms with E-state index in [4.69, 9.17) is 5.11 Å². The highest BCUT2D eigenvalue weighted by Crippen LogP contribution is 2.00. The van der Waals surface area contributed by atoms with Crippen molar-refractivity contribution in [1.82, 2.24) is 24.6 Å². The minimum atomic E-state index is -0.0880. The molecule has 0 aliphatic rings. The molecule has 1 N–H and O–H groups in total. The van der Waals surface area contributed by atoms with Gasteiger partial charge in [-0.05, 0) is 11.5 Å². The van der Waals surface area contributed by atoms with E-state index >= 15 is 0 Å². The van der Waals surface area contributed by atoms with Crippen molar-refractivity contribution in [2.75, 3.05) is 0 Å². The minimum absolute atomic E-state index is 0.0880. The van der Waals surface area contributed by atoms with E-state index in [1.165, 1.54) is 11.5 Å². The largest absolute Gasteiger partial charge is 0.390 e. The normalized spacial score (nSPS) is 10.5. The third kappa shape index (κ3) is 1.87. The molecule has 0 aliphatic heterocycles. The molecule has 2 heterocycles. The van der Waals surface area contributed by atoms with Gasteiger partial charge in [-0.25, -0.2) is 4.68 Å². The maximum atomic E-state index is 8.74. The number of rotatable bonds is 3. The van der Waals surface area contributed by atoms with Crippen LogP contribution >= 0.6 is 11.5 Å². The van der Waals surface area contributed by atoms with E-state index in [-0.39, 0.29) is 6.61 Å². The Kier molecular flexibility index (Phi) is 2.28. The van der Waals surface area contributed by atoms with Gasteiger partial charge in [0, 0.05) is 5.38 Å². The summed E-state index contributed by atoms with van der Waals surface area (Å²) < 4.78 is 5.34. The van der Waals surface area contributed by atoms with Gasteiger partial charge < -0.3 is 5.11 Å². The molecule has 7 heteroatoms. The van der Waals surface area contributed by atoms with Gasteiger partial charge in [0.05, 0.1) is 25.0 Å². The van der Waals surface area contributed by atoms with E-state index in [1.54, 1.807) is 10.9 Å².